The first-order valence-electron chi connectivity index (χ1n) is 7.89. The average Bonchev–Trinajstić information content (AvgIpc) is 2.95. The molecule has 0 aliphatic carbocycles. The number of benzene rings is 2. The van der Waals surface area contributed by atoms with E-state index in [1.54, 1.807) is 6.07 Å². The molecular formula is C18H13ClF4N2O2. The van der Waals surface area contributed by atoms with Gasteiger partial charge in [0, 0.05) is 23.3 Å². The molecule has 0 radical (unpaired) electrons. The third kappa shape index (κ3) is 4.05. The van der Waals surface area contributed by atoms with Crippen molar-refractivity contribution in [1.29, 1.82) is 0 Å². The molecule has 2 aromatic carbocycles. The van der Waals surface area contributed by atoms with Crippen LogP contribution in [-0.4, -0.2) is 20.9 Å². The number of aryl methyl sites for hydroxylation is 1. The number of hydrogen-bond donors (Lipinski definition) is 1. The number of fused-ring (bicyclic) bond motifs is 1. The highest BCUT2D eigenvalue weighted by molar-refractivity contribution is 6.30. The average molecular weight is 401 g/mol. The Balaban J connectivity index is 2.14. The summed E-state index contributed by atoms with van der Waals surface area (Å²) in [5.74, 6) is -1.72. The van der Waals surface area contributed by atoms with Crippen molar-refractivity contribution in [3.63, 3.8) is 0 Å². The van der Waals surface area contributed by atoms with Gasteiger partial charge in [0.15, 0.2) is 0 Å². The number of hydrogen-bond acceptors (Lipinski definition) is 2. The van der Waals surface area contributed by atoms with Crippen LogP contribution in [0.1, 0.15) is 23.2 Å². The SMILES string of the molecule is O=C(O)CCc1nn(C(F)(F)F)c2cccc(Cc3ccc(Cl)cc3F)c12. The summed E-state index contributed by atoms with van der Waals surface area (Å²) >= 11 is 5.73. The van der Waals surface area contributed by atoms with Gasteiger partial charge in [-0.15, -0.1) is 13.2 Å². The van der Waals surface area contributed by atoms with Crippen LogP contribution < -0.4 is 0 Å². The zero-order valence-electron chi connectivity index (χ0n) is 13.7. The van der Waals surface area contributed by atoms with Crippen molar-refractivity contribution in [1.82, 2.24) is 9.78 Å². The van der Waals surface area contributed by atoms with Gasteiger partial charge in [0.25, 0.3) is 0 Å². The number of carboxylic acid groups (broad SMARTS) is 1. The van der Waals surface area contributed by atoms with Gasteiger partial charge in [-0.1, -0.05) is 29.8 Å². The van der Waals surface area contributed by atoms with Crippen molar-refractivity contribution in [3.05, 3.63) is 64.1 Å². The summed E-state index contributed by atoms with van der Waals surface area (Å²) in [4.78, 5) is 10.8. The normalized spacial score (nSPS) is 11.9. The third-order valence-corrected chi connectivity index (χ3v) is 4.31. The molecule has 1 heterocycles. The molecule has 4 nitrogen and oxygen atoms in total. The van der Waals surface area contributed by atoms with Gasteiger partial charge in [-0.25, -0.2) is 4.39 Å². The van der Waals surface area contributed by atoms with Gasteiger partial charge in [-0.05, 0) is 29.3 Å². The van der Waals surface area contributed by atoms with Crippen LogP contribution >= 0.6 is 11.6 Å². The molecule has 0 aliphatic heterocycles. The molecule has 0 atom stereocenters. The van der Waals surface area contributed by atoms with E-state index < -0.39 is 18.1 Å². The lowest BCUT2D eigenvalue weighted by atomic mass is 9.98. The van der Waals surface area contributed by atoms with Crippen LogP contribution in [0.15, 0.2) is 36.4 Å². The van der Waals surface area contributed by atoms with E-state index in [-0.39, 0.29) is 51.1 Å². The third-order valence-electron chi connectivity index (χ3n) is 4.08. The Morgan fingerprint density at radius 1 is 1.19 bits per heavy atom. The molecular weight excluding hydrogens is 388 g/mol. The Morgan fingerprint density at radius 3 is 2.56 bits per heavy atom. The number of rotatable bonds is 5. The van der Waals surface area contributed by atoms with E-state index >= 15 is 0 Å². The van der Waals surface area contributed by atoms with Crippen LogP contribution in [0, 0.1) is 5.82 Å². The van der Waals surface area contributed by atoms with E-state index in [1.807, 2.05) is 0 Å². The van der Waals surface area contributed by atoms with Gasteiger partial charge < -0.3 is 5.11 Å². The van der Waals surface area contributed by atoms with Crippen LogP contribution in [0.25, 0.3) is 10.9 Å². The number of carboxylic acids is 1. The van der Waals surface area contributed by atoms with E-state index in [0.29, 0.717) is 5.56 Å². The Hall–Kier alpha value is -2.61. The summed E-state index contributed by atoms with van der Waals surface area (Å²) in [5.41, 5.74) is 0.491. The molecule has 3 aromatic rings. The molecule has 0 bridgehead atoms. The minimum Gasteiger partial charge on any atom is -0.481 e. The van der Waals surface area contributed by atoms with Crippen molar-refractivity contribution in [2.45, 2.75) is 25.6 Å². The highest BCUT2D eigenvalue weighted by Crippen LogP contribution is 2.32. The fourth-order valence-corrected chi connectivity index (χ4v) is 3.09. The predicted molar refractivity (Wildman–Crippen MR) is 91.2 cm³/mol. The van der Waals surface area contributed by atoms with Gasteiger partial charge in [0.2, 0.25) is 0 Å². The number of halogens is 5. The predicted octanol–water partition coefficient (Wildman–Crippen LogP) is 4.91. The van der Waals surface area contributed by atoms with Gasteiger partial charge in [0.05, 0.1) is 17.6 Å². The number of carbonyl (C=O) groups is 1. The fourth-order valence-electron chi connectivity index (χ4n) is 2.93. The molecule has 142 valence electrons. The zero-order chi connectivity index (χ0) is 19.8. The molecule has 0 fully saturated rings. The van der Waals surface area contributed by atoms with E-state index in [4.69, 9.17) is 16.7 Å². The molecule has 0 saturated carbocycles. The lowest BCUT2D eigenvalue weighted by Gasteiger charge is -2.09. The second kappa shape index (κ2) is 7.19. The minimum absolute atomic E-state index is 0.00898. The Labute approximate surface area is 156 Å². The summed E-state index contributed by atoms with van der Waals surface area (Å²) in [5, 5.41) is 12.8. The molecule has 0 amide bonds. The number of nitrogens with zero attached hydrogens (tertiary/aromatic N) is 2. The first kappa shape index (κ1) is 19.2. The maximum atomic E-state index is 14.1. The lowest BCUT2D eigenvalue weighted by Crippen LogP contribution is -2.18. The van der Waals surface area contributed by atoms with E-state index in [1.165, 1.54) is 24.3 Å². The van der Waals surface area contributed by atoms with Crippen molar-refractivity contribution >= 4 is 28.5 Å². The summed E-state index contributed by atoms with van der Waals surface area (Å²) < 4.78 is 54.0. The molecule has 1 aromatic heterocycles. The lowest BCUT2D eigenvalue weighted by molar-refractivity contribution is -0.209. The van der Waals surface area contributed by atoms with Gasteiger partial charge in [-0.2, -0.15) is 9.78 Å². The first-order chi connectivity index (χ1) is 12.7. The van der Waals surface area contributed by atoms with E-state index in [2.05, 4.69) is 5.10 Å². The second-order valence-electron chi connectivity index (χ2n) is 5.94. The van der Waals surface area contributed by atoms with Crippen LogP contribution in [0.2, 0.25) is 5.02 Å². The molecule has 1 N–H and O–H groups in total. The van der Waals surface area contributed by atoms with E-state index in [0.717, 1.165) is 6.07 Å². The Bertz CT molecular complexity index is 1010. The van der Waals surface area contributed by atoms with Gasteiger partial charge >= 0.3 is 12.3 Å². The number of aliphatic carboxylic acids is 1. The number of alkyl halides is 3. The van der Waals surface area contributed by atoms with Crippen LogP contribution in [0.3, 0.4) is 0 Å². The number of aromatic nitrogens is 2. The Morgan fingerprint density at radius 2 is 1.93 bits per heavy atom. The quantitative estimate of drug-likeness (QED) is 0.619. The second-order valence-corrected chi connectivity index (χ2v) is 6.38. The highest BCUT2D eigenvalue weighted by Gasteiger charge is 2.35. The molecule has 0 unspecified atom stereocenters. The Kier molecular flexibility index (Phi) is 5.10. The van der Waals surface area contributed by atoms with Crippen LogP contribution in [-0.2, 0) is 23.9 Å². The van der Waals surface area contributed by atoms with Crippen LogP contribution in [0.5, 0.6) is 0 Å². The molecule has 27 heavy (non-hydrogen) atoms. The molecule has 9 heteroatoms. The van der Waals surface area contributed by atoms with Crippen molar-refractivity contribution < 1.29 is 27.5 Å². The summed E-state index contributed by atoms with van der Waals surface area (Å²) in [6.45, 7) is 0. The molecule has 0 aliphatic rings. The smallest absolute Gasteiger partial charge is 0.481 e. The fraction of sp³-hybridized carbons (Fsp3) is 0.222. The molecule has 3 rings (SSSR count). The molecule has 0 saturated heterocycles. The van der Waals surface area contributed by atoms with Crippen molar-refractivity contribution in [2.75, 3.05) is 0 Å². The van der Waals surface area contributed by atoms with Gasteiger partial charge in [0.1, 0.15) is 5.82 Å². The van der Waals surface area contributed by atoms with E-state index in [9.17, 15) is 22.4 Å². The topological polar surface area (TPSA) is 55.1 Å². The highest BCUT2D eigenvalue weighted by atomic mass is 35.5. The standard InChI is InChI=1S/C18H13ClF4N2O2/c19-12-5-4-10(13(20)9-12)8-11-2-1-3-15-17(11)14(6-7-16(26)27)24-25(15)18(21,22)23/h1-5,9H,6-8H2,(H,26,27). The summed E-state index contributed by atoms with van der Waals surface area (Å²) in [6, 6.07) is 8.33. The maximum Gasteiger partial charge on any atom is 0.505 e. The van der Waals surface area contributed by atoms with Crippen molar-refractivity contribution in [2.24, 2.45) is 0 Å². The maximum absolute atomic E-state index is 14.1. The van der Waals surface area contributed by atoms with Crippen LogP contribution in [0.4, 0.5) is 17.6 Å². The minimum atomic E-state index is -4.76. The van der Waals surface area contributed by atoms with Gasteiger partial charge in [-0.3, -0.25) is 4.79 Å². The van der Waals surface area contributed by atoms with Crippen molar-refractivity contribution in [3.8, 4) is 0 Å². The largest absolute Gasteiger partial charge is 0.505 e. The monoisotopic (exact) mass is 400 g/mol. The summed E-state index contributed by atoms with van der Waals surface area (Å²) in [7, 11) is 0. The molecule has 0 spiro atoms. The zero-order valence-corrected chi connectivity index (χ0v) is 14.5. The summed E-state index contributed by atoms with van der Waals surface area (Å²) in [6.07, 6.45) is -5.28. The first-order valence-corrected chi connectivity index (χ1v) is 8.27.